The van der Waals surface area contributed by atoms with Crippen LogP contribution in [0.25, 0.3) is 0 Å². The van der Waals surface area contributed by atoms with Crippen LogP contribution in [0.4, 0.5) is 0 Å². The van der Waals surface area contributed by atoms with Crippen LogP contribution in [0.2, 0.25) is 0 Å². The smallest absolute Gasteiger partial charge is 0.0610 e. The van der Waals surface area contributed by atoms with Crippen molar-refractivity contribution in [1.82, 2.24) is 5.32 Å². The molecule has 1 atom stereocenters. The molecule has 0 amide bonds. The lowest BCUT2D eigenvalue weighted by Gasteiger charge is -2.30. The summed E-state index contributed by atoms with van der Waals surface area (Å²) in [6.45, 7) is 5.65. The molecule has 1 saturated carbocycles. The Kier molecular flexibility index (Phi) is 4.90. The van der Waals surface area contributed by atoms with Crippen molar-refractivity contribution < 1.29 is 5.11 Å². The highest BCUT2D eigenvalue weighted by Crippen LogP contribution is 2.24. The number of rotatable bonds is 6. The van der Waals surface area contributed by atoms with E-state index >= 15 is 0 Å². The van der Waals surface area contributed by atoms with E-state index in [2.05, 4.69) is 19.2 Å². The molecule has 2 N–H and O–H groups in total. The molecule has 0 saturated heterocycles. The summed E-state index contributed by atoms with van der Waals surface area (Å²) in [4.78, 5) is 0. The second-order valence-electron chi connectivity index (χ2n) is 5.00. The molecule has 14 heavy (non-hydrogen) atoms. The Morgan fingerprint density at radius 1 is 1.36 bits per heavy atom. The molecule has 2 nitrogen and oxygen atoms in total. The molecule has 2 heteroatoms. The maximum atomic E-state index is 9.33. The second kappa shape index (κ2) is 5.72. The highest BCUT2D eigenvalue weighted by atomic mass is 16.3. The second-order valence-corrected chi connectivity index (χ2v) is 5.00. The fourth-order valence-electron chi connectivity index (χ4n) is 2.38. The monoisotopic (exact) mass is 199 g/mol. The molecule has 0 aromatic carbocycles. The summed E-state index contributed by atoms with van der Waals surface area (Å²) in [6.07, 6.45) is 7.75. The van der Waals surface area contributed by atoms with Crippen LogP contribution in [-0.4, -0.2) is 23.8 Å². The van der Waals surface area contributed by atoms with E-state index in [-0.39, 0.29) is 12.1 Å². The van der Waals surface area contributed by atoms with E-state index < -0.39 is 0 Å². The average molecular weight is 199 g/mol. The SMILES string of the molecule is CCCC(C)(CO)NCC1CCCC1. The van der Waals surface area contributed by atoms with Crippen LogP contribution in [0.3, 0.4) is 0 Å². The van der Waals surface area contributed by atoms with Crippen molar-refractivity contribution in [2.45, 2.75) is 57.9 Å². The van der Waals surface area contributed by atoms with Gasteiger partial charge in [0.15, 0.2) is 0 Å². The summed E-state index contributed by atoms with van der Waals surface area (Å²) < 4.78 is 0. The molecular weight excluding hydrogens is 174 g/mol. The van der Waals surface area contributed by atoms with Crippen LogP contribution in [0.5, 0.6) is 0 Å². The molecule has 0 heterocycles. The normalized spacial score (nSPS) is 22.5. The molecule has 0 radical (unpaired) electrons. The molecule has 84 valence electrons. The molecule has 1 fully saturated rings. The van der Waals surface area contributed by atoms with Crippen LogP contribution in [0.15, 0.2) is 0 Å². The van der Waals surface area contributed by atoms with Gasteiger partial charge in [-0.2, -0.15) is 0 Å². The van der Waals surface area contributed by atoms with Crippen molar-refractivity contribution in [1.29, 1.82) is 0 Å². The first-order valence-electron chi connectivity index (χ1n) is 6.06. The molecule has 0 aromatic heterocycles. The molecule has 1 unspecified atom stereocenters. The summed E-state index contributed by atoms with van der Waals surface area (Å²) in [5.41, 5.74) is -0.0443. The minimum absolute atomic E-state index is 0.0443. The predicted octanol–water partition coefficient (Wildman–Crippen LogP) is 2.32. The van der Waals surface area contributed by atoms with E-state index in [1.54, 1.807) is 0 Å². The van der Waals surface area contributed by atoms with Crippen LogP contribution in [0, 0.1) is 5.92 Å². The summed E-state index contributed by atoms with van der Waals surface area (Å²) in [7, 11) is 0. The Balaban J connectivity index is 2.25. The van der Waals surface area contributed by atoms with Crippen molar-refractivity contribution in [3.8, 4) is 0 Å². The van der Waals surface area contributed by atoms with Gasteiger partial charge in [0.05, 0.1) is 6.61 Å². The van der Waals surface area contributed by atoms with Gasteiger partial charge in [0, 0.05) is 5.54 Å². The predicted molar refractivity (Wildman–Crippen MR) is 60.4 cm³/mol. The summed E-state index contributed by atoms with van der Waals surface area (Å²) >= 11 is 0. The van der Waals surface area contributed by atoms with Gasteiger partial charge in [0.2, 0.25) is 0 Å². The maximum absolute atomic E-state index is 9.33. The molecule has 1 aliphatic rings. The number of aliphatic hydroxyl groups is 1. The largest absolute Gasteiger partial charge is 0.394 e. The van der Waals surface area contributed by atoms with E-state index in [4.69, 9.17) is 0 Å². The zero-order chi connectivity index (χ0) is 10.4. The van der Waals surface area contributed by atoms with E-state index in [1.165, 1.54) is 25.7 Å². The van der Waals surface area contributed by atoms with Gasteiger partial charge < -0.3 is 10.4 Å². The Bertz CT molecular complexity index is 154. The molecule has 1 rings (SSSR count). The van der Waals surface area contributed by atoms with Crippen molar-refractivity contribution in [3.05, 3.63) is 0 Å². The quantitative estimate of drug-likeness (QED) is 0.688. The fraction of sp³-hybridized carbons (Fsp3) is 1.00. The van der Waals surface area contributed by atoms with Gasteiger partial charge >= 0.3 is 0 Å². The van der Waals surface area contributed by atoms with E-state index in [1.807, 2.05) is 0 Å². The first kappa shape index (κ1) is 12.0. The lowest BCUT2D eigenvalue weighted by atomic mass is 9.96. The highest BCUT2D eigenvalue weighted by Gasteiger charge is 2.23. The Morgan fingerprint density at radius 3 is 2.50 bits per heavy atom. The zero-order valence-corrected chi connectivity index (χ0v) is 9.68. The van der Waals surface area contributed by atoms with Crippen molar-refractivity contribution in [2.24, 2.45) is 5.92 Å². The van der Waals surface area contributed by atoms with Gasteiger partial charge in [0.1, 0.15) is 0 Å². The molecular formula is C12H25NO. The summed E-state index contributed by atoms with van der Waals surface area (Å²) in [5, 5.41) is 12.9. The number of aliphatic hydroxyl groups excluding tert-OH is 1. The fourth-order valence-corrected chi connectivity index (χ4v) is 2.38. The minimum Gasteiger partial charge on any atom is -0.394 e. The lowest BCUT2D eigenvalue weighted by molar-refractivity contribution is 0.159. The van der Waals surface area contributed by atoms with E-state index in [9.17, 15) is 5.11 Å². The number of hydrogen-bond acceptors (Lipinski definition) is 2. The van der Waals surface area contributed by atoms with Gasteiger partial charge in [-0.05, 0) is 38.6 Å². The zero-order valence-electron chi connectivity index (χ0n) is 9.68. The summed E-state index contributed by atoms with van der Waals surface area (Å²) in [5.74, 6) is 0.859. The third-order valence-corrected chi connectivity index (χ3v) is 3.44. The van der Waals surface area contributed by atoms with Gasteiger partial charge in [-0.25, -0.2) is 0 Å². The van der Waals surface area contributed by atoms with Crippen LogP contribution in [-0.2, 0) is 0 Å². The van der Waals surface area contributed by atoms with Gasteiger partial charge in [0.25, 0.3) is 0 Å². The van der Waals surface area contributed by atoms with Gasteiger partial charge in [-0.3, -0.25) is 0 Å². The molecule has 1 aliphatic carbocycles. The third-order valence-electron chi connectivity index (χ3n) is 3.44. The first-order chi connectivity index (χ1) is 6.70. The molecule has 0 spiro atoms. The third kappa shape index (κ3) is 3.58. The van der Waals surface area contributed by atoms with Gasteiger partial charge in [-0.15, -0.1) is 0 Å². The molecule has 0 aromatic rings. The topological polar surface area (TPSA) is 32.3 Å². The molecule has 0 aliphatic heterocycles. The number of hydrogen-bond donors (Lipinski definition) is 2. The standard InChI is InChI=1S/C12H25NO/c1-3-8-12(2,10-14)13-9-11-6-4-5-7-11/h11,13-14H,3-10H2,1-2H3. The van der Waals surface area contributed by atoms with E-state index in [0.29, 0.717) is 0 Å². The Labute approximate surface area is 88.1 Å². The Hall–Kier alpha value is -0.0800. The van der Waals surface area contributed by atoms with Gasteiger partial charge in [-0.1, -0.05) is 26.2 Å². The lowest BCUT2D eigenvalue weighted by Crippen LogP contribution is -2.47. The average Bonchev–Trinajstić information content (AvgIpc) is 2.68. The number of nitrogens with one attached hydrogen (secondary N) is 1. The van der Waals surface area contributed by atoms with E-state index in [0.717, 1.165) is 25.3 Å². The first-order valence-corrected chi connectivity index (χ1v) is 6.06. The summed E-state index contributed by atoms with van der Waals surface area (Å²) in [6, 6.07) is 0. The van der Waals surface area contributed by atoms with Crippen molar-refractivity contribution in [2.75, 3.05) is 13.2 Å². The minimum atomic E-state index is -0.0443. The van der Waals surface area contributed by atoms with Crippen molar-refractivity contribution in [3.63, 3.8) is 0 Å². The maximum Gasteiger partial charge on any atom is 0.0610 e. The van der Waals surface area contributed by atoms with Crippen molar-refractivity contribution >= 4 is 0 Å². The Morgan fingerprint density at radius 2 is 2.00 bits per heavy atom. The highest BCUT2D eigenvalue weighted by molar-refractivity contribution is 4.83. The van der Waals surface area contributed by atoms with Crippen LogP contribution >= 0.6 is 0 Å². The molecule has 0 bridgehead atoms. The van der Waals surface area contributed by atoms with Crippen LogP contribution in [0.1, 0.15) is 52.4 Å². The van der Waals surface area contributed by atoms with Crippen LogP contribution < -0.4 is 5.32 Å².